The Morgan fingerprint density at radius 2 is 1.82 bits per heavy atom. The van der Waals surface area contributed by atoms with Crippen molar-refractivity contribution in [3.05, 3.63) is 64.2 Å². The van der Waals surface area contributed by atoms with E-state index in [4.69, 9.17) is 14.2 Å². The number of aryl methyl sites for hydroxylation is 1. The molecule has 34 heavy (non-hydrogen) atoms. The number of rotatable bonds is 10. The number of hydrogen-bond donors (Lipinski definition) is 1. The summed E-state index contributed by atoms with van der Waals surface area (Å²) in [5.74, 6) is 0.0402. The summed E-state index contributed by atoms with van der Waals surface area (Å²) in [6, 6.07) is 8.81. The second kappa shape index (κ2) is 11.8. The smallest absolute Gasteiger partial charge is 0.336 e. The number of carbonyl (C=O) groups excluding carboxylic acids is 1. The fourth-order valence-electron chi connectivity index (χ4n) is 3.94. The van der Waals surface area contributed by atoms with Gasteiger partial charge in [-0.15, -0.1) is 0 Å². The van der Waals surface area contributed by atoms with Crippen LogP contribution in [-0.4, -0.2) is 67.3 Å². The molecule has 1 aliphatic rings. The maximum Gasteiger partial charge on any atom is 0.336 e. The molecule has 1 heterocycles. The molecule has 7 heteroatoms. The molecule has 1 aliphatic heterocycles. The predicted molar refractivity (Wildman–Crippen MR) is 131 cm³/mol. The molecule has 3 rings (SSSR count). The Hall–Kier alpha value is -3.16. The zero-order chi connectivity index (χ0) is 24.7. The van der Waals surface area contributed by atoms with E-state index in [0.717, 1.165) is 38.6 Å². The van der Waals surface area contributed by atoms with Gasteiger partial charge in [-0.2, -0.15) is 0 Å². The highest BCUT2D eigenvalue weighted by Crippen LogP contribution is 2.32. The first-order valence-corrected chi connectivity index (χ1v) is 11.6. The Kier molecular flexibility index (Phi) is 8.85. The molecule has 0 bridgehead atoms. The van der Waals surface area contributed by atoms with Crippen molar-refractivity contribution in [3.8, 4) is 11.5 Å². The minimum Gasteiger partial charge on any atom is -0.492 e. The first kappa shape index (κ1) is 25.5. The van der Waals surface area contributed by atoms with Crippen molar-refractivity contribution < 1.29 is 28.9 Å². The SMILES string of the molecule is Cc1cc(C=CC(=O)c2ccc(OCCN3CCOCC3)cc2)c(OC(C)C)c(C)c1C(=O)O. The predicted octanol–water partition coefficient (Wildman–Crippen LogP) is 4.40. The monoisotopic (exact) mass is 467 g/mol. The molecule has 0 radical (unpaired) electrons. The molecule has 182 valence electrons. The van der Waals surface area contributed by atoms with Crippen LogP contribution >= 0.6 is 0 Å². The summed E-state index contributed by atoms with van der Waals surface area (Å²) in [5.41, 5.74) is 2.60. The normalized spacial score (nSPS) is 14.5. The van der Waals surface area contributed by atoms with Crippen LogP contribution < -0.4 is 9.47 Å². The Labute approximate surface area is 200 Å². The minimum absolute atomic E-state index is 0.137. The van der Waals surface area contributed by atoms with E-state index in [1.54, 1.807) is 50.3 Å². The van der Waals surface area contributed by atoms with Gasteiger partial charge in [0.05, 0.1) is 24.9 Å². The van der Waals surface area contributed by atoms with Gasteiger partial charge in [-0.1, -0.05) is 0 Å². The number of allylic oxidation sites excluding steroid dienone is 1. The zero-order valence-electron chi connectivity index (χ0n) is 20.3. The maximum absolute atomic E-state index is 12.7. The molecule has 2 aromatic carbocycles. The van der Waals surface area contributed by atoms with Gasteiger partial charge in [0.1, 0.15) is 18.1 Å². The van der Waals surface area contributed by atoms with E-state index in [2.05, 4.69) is 4.90 Å². The van der Waals surface area contributed by atoms with Gasteiger partial charge in [-0.3, -0.25) is 9.69 Å². The summed E-state index contributed by atoms with van der Waals surface area (Å²) in [6.45, 7) is 12.0. The summed E-state index contributed by atoms with van der Waals surface area (Å²) < 4.78 is 17.1. The van der Waals surface area contributed by atoms with Gasteiger partial charge in [0.15, 0.2) is 5.78 Å². The van der Waals surface area contributed by atoms with Gasteiger partial charge < -0.3 is 19.3 Å². The molecule has 7 nitrogen and oxygen atoms in total. The standard InChI is InChI=1S/C27H33NO6/c1-18(2)34-26-20(4)25(27(30)31)19(3)17-22(26)7-10-24(29)21-5-8-23(9-6-21)33-16-13-28-11-14-32-15-12-28/h5-10,17-18H,11-16H2,1-4H3,(H,30,31). The van der Waals surface area contributed by atoms with E-state index in [9.17, 15) is 14.7 Å². The Morgan fingerprint density at radius 1 is 1.15 bits per heavy atom. The van der Waals surface area contributed by atoms with E-state index in [1.165, 1.54) is 6.08 Å². The number of hydrogen-bond acceptors (Lipinski definition) is 6. The van der Waals surface area contributed by atoms with Gasteiger partial charge in [0.25, 0.3) is 0 Å². The van der Waals surface area contributed by atoms with E-state index >= 15 is 0 Å². The van der Waals surface area contributed by atoms with Crippen LogP contribution in [0.1, 0.15) is 51.3 Å². The van der Waals surface area contributed by atoms with Crippen molar-refractivity contribution in [2.24, 2.45) is 0 Å². The van der Waals surface area contributed by atoms with Crippen molar-refractivity contribution in [2.75, 3.05) is 39.5 Å². The number of ketones is 1. The highest BCUT2D eigenvalue weighted by Gasteiger charge is 2.19. The highest BCUT2D eigenvalue weighted by atomic mass is 16.5. The number of ether oxygens (including phenoxy) is 3. The molecule has 0 saturated carbocycles. The van der Waals surface area contributed by atoms with Crippen molar-refractivity contribution >= 4 is 17.8 Å². The highest BCUT2D eigenvalue weighted by molar-refractivity contribution is 6.07. The van der Waals surface area contributed by atoms with E-state index < -0.39 is 5.97 Å². The van der Waals surface area contributed by atoms with Crippen LogP contribution in [0.3, 0.4) is 0 Å². The second-order valence-electron chi connectivity index (χ2n) is 8.61. The lowest BCUT2D eigenvalue weighted by molar-refractivity contribution is 0.0322. The minimum atomic E-state index is -0.998. The largest absolute Gasteiger partial charge is 0.492 e. The van der Waals surface area contributed by atoms with E-state index in [0.29, 0.717) is 34.6 Å². The van der Waals surface area contributed by atoms with Gasteiger partial charge in [-0.25, -0.2) is 4.79 Å². The van der Waals surface area contributed by atoms with Gasteiger partial charge in [-0.05, 0) is 75.7 Å². The van der Waals surface area contributed by atoms with Crippen LogP contribution in [0.4, 0.5) is 0 Å². The number of benzene rings is 2. The molecule has 0 atom stereocenters. The van der Waals surface area contributed by atoms with Crippen LogP contribution in [0.25, 0.3) is 6.08 Å². The fraction of sp³-hybridized carbons (Fsp3) is 0.407. The van der Waals surface area contributed by atoms with Crippen LogP contribution in [0, 0.1) is 13.8 Å². The maximum atomic E-state index is 12.7. The van der Waals surface area contributed by atoms with Crippen molar-refractivity contribution in [1.82, 2.24) is 4.90 Å². The molecule has 1 N–H and O–H groups in total. The lowest BCUT2D eigenvalue weighted by atomic mass is 9.97. The quantitative estimate of drug-likeness (QED) is 0.410. The molecule has 0 aromatic heterocycles. The van der Waals surface area contributed by atoms with Crippen molar-refractivity contribution in [3.63, 3.8) is 0 Å². The third-order valence-corrected chi connectivity index (χ3v) is 5.64. The van der Waals surface area contributed by atoms with Crippen molar-refractivity contribution in [1.29, 1.82) is 0 Å². The molecular weight excluding hydrogens is 434 g/mol. The Balaban J connectivity index is 1.68. The molecule has 2 aromatic rings. The average Bonchev–Trinajstić information content (AvgIpc) is 2.80. The number of aromatic carboxylic acids is 1. The first-order chi connectivity index (χ1) is 16.3. The lowest BCUT2D eigenvalue weighted by Gasteiger charge is -2.26. The second-order valence-corrected chi connectivity index (χ2v) is 8.61. The third-order valence-electron chi connectivity index (χ3n) is 5.64. The number of carbonyl (C=O) groups is 2. The van der Waals surface area contributed by atoms with Crippen LogP contribution in [-0.2, 0) is 4.74 Å². The summed E-state index contributed by atoms with van der Waals surface area (Å²) in [6.07, 6.45) is 3.02. The van der Waals surface area contributed by atoms with E-state index in [1.807, 2.05) is 13.8 Å². The van der Waals surface area contributed by atoms with Crippen LogP contribution in [0.5, 0.6) is 11.5 Å². The number of carboxylic acids is 1. The summed E-state index contributed by atoms with van der Waals surface area (Å²) >= 11 is 0. The van der Waals surface area contributed by atoms with Crippen molar-refractivity contribution in [2.45, 2.75) is 33.8 Å². The molecule has 1 saturated heterocycles. The molecular formula is C27H33NO6. The number of carboxylic acid groups (broad SMARTS) is 1. The first-order valence-electron chi connectivity index (χ1n) is 11.6. The topological polar surface area (TPSA) is 85.3 Å². The zero-order valence-corrected chi connectivity index (χ0v) is 20.3. The number of morpholine rings is 1. The van der Waals surface area contributed by atoms with Crippen LogP contribution in [0.15, 0.2) is 36.4 Å². The molecule has 0 amide bonds. The summed E-state index contributed by atoms with van der Waals surface area (Å²) in [7, 11) is 0. The average molecular weight is 468 g/mol. The summed E-state index contributed by atoms with van der Waals surface area (Å²) in [4.78, 5) is 26.7. The number of nitrogens with zero attached hydrogens (tertiary/aromatic N) is 1. The molecule has 1 fully saturated rings. The summed E-state index contributed by atoms with van der Waals surface area (Å²) in [5, 5.41) is 9.56. The molecule has 0 unspecified atom stereocenters. The fourth-order valence-corrected chi connectivity index (χ4v) is 3.94. The molecule has 0 aliphatic carbocycles. The van der Waals surface area contributed by atoms with Gasteiger partial charge in [0, 0.05) is 36.3 Å². The Bertz CT molecular complexity index is 1040. The van der Waals surface area contributed by atoms with E-state index in [-0.39, 0.29) is 17.5 Å². The van der Waals surface area contributed by atoms with Gasteiger partial charge >= 0.3 is 5.97 Å². The third kappa shape index (κ3) is 6.68. The Morgan fingerprint density at radius 3 is 2.44 bits per heavy atom. The lowest BCUT2D eigenvalue weighted by Crippen LogP contribution is -2.38. The van der Waals surface area contributed by atoms with Crippen LogP contribution in [0.2, 0.25) is 0 Å². The van der Waals surface area contributed by atoms with Gasteiger partial charge in [0.2, 0.25) is 0 Å². The molecule has 0 spiro atoms.